The van der Waals surface area contributed by atoms with Crippen LogP contribution in [0.25, 0.3) is 0 Å². The van der Waals surface area contributed by atoms with Crippen LogP contribution in [0.2, 0.25) is 0 Å². The molecule has 5 atom stereocenters. The van der Waals surface area contributed by atoms with Gasteiger partial charge in [-0.15, -0.1) is 0 Å². The summed E-state index contributed by atoms with van der Waals surface area (Å²) in [5.74, 6) is 5.67. The first-order valence-corrected chi connectivity index (χ1v) is 20.8. The Bertz CT molecular complexity index is 1080. The van der Waals surface area contributed by atoms with Gasteiger partial charge in [-0.2, -0.15) is 0 Å². The van der Waals surface area contributed by atoms with E-state index in [0.29, 0.717) is 19.8 Å². The number of benzene rings is 2. The number of rotatable bonds is 25. The van der Waals surface area contributed by atoms with Crippen LogP contribution in [0, 0.1) is 23.7 Å². The smallest absolute Gasteiger partial charge is 0.119 e. The van der Waals surface area contributed by atoms with Crippen molar-refractivity contribution in [2.75, 3.05) is 19.8 Å². The summed E-state index contributed by atoms with van der Waals surface area (Å²) in [6.07, 6.45) is 27.7. The fourth-order valence-corrected chi connectivity index (χ4v) is 8.47. The summed E-state index contributed by atoms with van der Waals surface area (Å²) in [6, 6.07) is 16.8. The molecule has 0 bridgehead atoms. The molecule has 4 nitrogen and oxygen atoms in total. The van der Waals surface area contributed by atoms with Crippen LogP contribution in [0.1, 0.15) is 160 Å². The molecule has 0 aromatic heterocycles. The maximum absolute atomic E-state index is 6.11. The molecular formula is C45H72O4. The zero-order valence-electron chi connectivity index (χ0n) is 31.8. The summed E-state index contributed by atoms with van der Waals surface area (Å²) < 4.78 is 24.3. The number of hydrogen-bond acceptors (Lipinski definition) is 4. The Morgan fingerprint density at radius 3 is 1.37 bits per heavy atom. The lowest BCUT2D eigenvalue weighted by Gasteiger charge is -2.31. The predicted molar refractivity (Wildman–Crippen MR) is 205 cm³/mol. The van der Waals surface area contributed by atoms with Crippen LogP contribution in [0.3, 0.4) is 0 Å². The summed E-state index contributed by atoms with van der Waals surface area (Å²) in [7, 11) is 0. The van der Waals surface area contributed by atoms with E-state index in [1.807, 2.05) is 0 Å². The molecule has 4 heteroatoms. The van der Waals surface area contributed by atoms with Gasteiger partial charge in [0.05, 0.1) is 39.1 Å². The van der Waals surface area contributed by atoms with Crippen LogP contribution in [-0.2, 0) is 22.7 Å². The molecule has 0 radical (unpaired) electrons. The van der Waals surface area contributed by atoms with Gasteiger partial charge in [0.2, 0.25) is 0 Å². The molecule has 0 spiro atoms. The van der Waals surface area contributed by atoms with E-state index in [1.165, 1.54) is 116 Å². The third-order valence-electron chi connectivity index (χ3n) is 11.5. The van der Waals surface area contributed by atoms with Crippen molar-refractivity contribution in [2.24, 2.45) is 23.7 Å². The largest absolute Gasteiger partial charge is 0.494 e. The van der Waals surface area contributed by atoms with Crippen molar-refractivity contribution in [1.29, 1.82) is 0 Å². The Morgan fingerprint density at radius 1 is 0.531 bits per heavy atom. The minimum Gasteiger partial charge on any atom is -0.494 e. The molecule has 0 N–H and O–H groups in total. The number of ether oxygens (including phenoxy) is 4. The Hall–Kier alpha value is -2.04. The quantitative estimate of drug-likeness (QED) is 0.0981. The van der Waals surface area contributed by atoms with E-state index in [9.17, 15) is 0 Å². The third-order valence-corrected chi connectivity index (χ3v) is 11.5. The van der Waals surface area contributed by atoms with E-state index >= 15 is 0 Å². The highest BCUT2D eigenvalue weighted by atomic mass is 16.5. The maximum atomic E-state index is 6.11. The van der Waals surface area contributed by atoms with Crippen molar-refractivity contribution in [3.05, 3.63) is 59.7 Å². The summed E-state index contributed by atoms with van der Waals surface area (Å²) in [4.78, 5) is 0. The molecule has 2 aromatic carbocycles. The van der Waals surface area contributed by atoms with E-state index in [2.05, 4.69) is 69.3 Å². The van der Waals surface area contributed by atoms with Gasteiger partial charge >= 0.3 is 0 Å². The highest BCUT2D eigenvalue weighted by Gasteiger charge is 2.25. The van der Waals surface area contributed by atoms with Crippen LogP contribution < -0.4 is 9.47 Å². The number of unbranched alkanes of at least 4 members (excludes halogenated alkanes) is 4. The van der Waals surface area contributed by atoms with Crippen molar-refractivity contribution < 1.29 is 18.9 Å². The van der Waals surface area contributed by atoms with E-state index in [4.69, 9.17) is 18.9 Å². The topological polar surface area (TPSA) is 36.9 Å². The first-order valence-electron chi connectivity index (χ1n) is 20.8. The van der Waals surface area contributed by atoms with Gasteiger partial charge in [-0.25, -0.2) is 0 Å². The average Bonchev–Trinajstić information content (AvgIpc) is 3.13. The standard InChI is InChI=1S/C45H72O4/c1-4-6-8-16-40-18-10-12-20-42(40)22-14-32-47-44-28-24-38(25-29-44)35-46-34-37(3)49-36-39-26-30-45(31-27-39)48-33-15-23-43-21-13-11-19-41(43)17-9-7-5-2/h24-31,37,40-43H,4-23,32-36H2,1-3H3/t37-,40?,41?,42?,43?/m1/s1. The Morgan fingerprint density at radius 2 is 0.939 bits per heavy atom. The highest BCUT2D eigenvalue weighted by molar-refractivity contribution is 5.27. The molecule has 2 aliphatic carbocycles. The normalized spacial score (nSPS) is 21.8. The minimum atomic E-state index is 0.0273. The predicted octanol–water partition coefficient (Wildman–Crippen LogP) is 12.9. The molecule has 2 aromatic rings. The second-order valence-electron chi connectivity index (χ2n) is 15.5. The van der Waals surface area contributed by atoms with Crippen LogP contribution in [0.15, 0.2) is 48.5 Å². The van der Waals surface area contributed by atoms with Crippen molar-refractivity contribution in [2.45, 2.75) is 169 Å². The van der Waals surface area contributed by atoms with Gasteiger partial charge in [0.15, 0.2) is 0 Å². The molecule has 276 valence electrons. The SMILES string of the molecule is CCCCCC1CCCCC1CCCOc1ccc(COC[C@@H](C)OCc2ccc(OCCCC3CCCCC3CCCCC)cc2)cc1. The Balaban J connectivity index is 1.03. The van der Waals surface area contributed by atoms with Gasteiger partial charge in [0.25, 0.3) is 0 Å². The molecule has 2 fully saturated rings. The molecule has 2 aliphatic rings. The number of hydrogen-bond donors (Lipinski definition) is 0. The van der Waals surface area contributed by atoms with E-state index in [1.54, 1.807) is 0 Å². The molecule has 0 aliphatic heterocycles. The molecule has 4 unspecified atom stereocenters. The van der Waals surface area contributed by atoms with Gasteiger partial charge in [0.1, 0.15) is 11.5 Å². The summed E-state index contributed by atoms with van der Waals surface area (Å²) in [6.45, 7) is 10.1. The minimum absolute atomic E-state index is 0.0273. The van der Waals surface area contributed by atoms with Gasteiger partial charge in [0, 0.05) is 0 Å². The summed E-state index contributed by atoms with van der Waals surface area (Å²) in [5.41, 5.74) is 2.33. The second kappa shape index (κ2) is 24.2. The lowest BCUT2D eigenvalue weighted by atomic mass is 9.74. The fourth-order valence-electron chi connectivity index (χ4n) is 8.47. The van der Waals surface area contributed by atoms with E-state index < -0.39 is 0 Å². The summed E-state index contributed by atoms with van der Waals surface area (Å²) in [5, 5.41) is 0. The Kier molecular flexibility index (Phi) is 19.6. The van der Waals surface area contributed by atoms with Crippen molar-refractivity contribution in [1.82, 2.24) is 0 Å². The zero-order chi connectivity index (χ0) is 34.4. The van der Waals surface area contributed by atoms with Crippen LogP contribution >= 0.6 is 0 Å². The third kappa shape index (κ3) is 15.8. The van der Waals surface area contributed by atoms with Gasteiger partial charge in [-0.05, 0) is 91.7 Å². The summed E-state index contributed by atoms with van der Waals surface area (Å²) >= 11 is 0. The second-order valence-corrected chi connectivity index (χ2v) is 15.5. The van der Waals surface area contributed by atoms with Gasteiger partial charge in [-0.3, -0.25) is 0 Å². The maximum Gasteiger partial charge on any atom is 0.119 e. The first kappa shape index (κ1) is 39.7. The van der Waals surface area contributed by atoms with Crippen LogP contribution in [-0.4, -0.2) is 25.9 Å². The molecule has 0 heterocycles. The lowest BCUT2D eigenvalue weighted by Crippen LogP contribution is -2.20. The van der Waals surface area contributed by atoms with Gasteiger partial charge < -0.3 is 18.9 Å². The van der Waals surface area contributed by atoms with Crippen LogP contribution in [0.5, 0.6) is 11.5 Å². The fraction of sp³-hybridized carbons (Fsp3) is 0.733. The van der Waals surface area contributed by atoms with Crippen molar-refractivity contribution in [3.63, 3.8) is 0 Å². The highest BCUT2D eigenvalue weighted by Crippen LogP contribution is 2.37. The molecule has 4 rings (SSSR count). The zero-order valence-corrected chi connectivity index (χ0v) is 31.8. The Labute approximate surface area is 301 Å². The van der Waals surface area contributed by atoms with Crippen LogP contribution in [0.4, 0.5) is 0 Å². The van der Waals surface area contributed by atoms with Crippen molar-refractivity contribution >= 4 is 0 Å². The average molecular weight is 677 g/mol. The lowest BCUT2D eigenvalue weighted by molar-refractivity contribution is -0.0198. The first-order chi connectivity index (χ1) is 24.1. The van der Waals surface area contributed by atoms with E-state index in [-0.39, 0.29) is 6.10 Å². The molecule has 49 heavy (non-hydrogen) atoms. The molecule has 0 saturated heterocycles. The molecule has 0 amide bonds. The monoisotopic (exact) mass is 677 g/mol. The molecule has 2 saturated carbocycles. The van der Waals surface area contributed by atoms with E-state index in [0.717, 1.165) is 72.4 Å². The molecular weight excluding hydrogens is 604 g/mol. The van der Waals surface area contributed by atoms with Gasteiger partial charge in [-0.1, -0.05) is 141 Å². The van der Waals surface area contributed by atoms with Crippen molar-refractivity contribution in [3.8, 4) is 11.5 Å².